The van der Waals surface area contributed by atoms with Gasteiger partial charge < -0.3 is 5.32 Å². The molecule has 1 atom stereocenters. The summed E-state index contributed by atoms with van der Waals surface area (Å²) in [6.45, 7) is 2.62. The Morgan fingerprint density at radius 2 is 1.93 bits per heavy atom. The number of rotatable bonds is 6. The molecule has 144 valence electrons. The van der Waals surface area contributed by atoms with Crippen LogP contribution in [0.15, 0.2) is 55.5 Å². The second-order valence-electron chi connectivity index (χ2n) is 6.88. The summed E-state index contributed by atoms with van der Waals surface area (Å²) in [4.78, 5) is 23.7. The van der Waals surface area contributed by atoms with Gasteiger partial charge in [0.1, 0.15) is 18.5 Å². The van der Waals surface area contributed by atoms with Gasteiger partial charge in [0.25, 0.3) is 5.91 Å². The molecule has 1 saturated heterocycles. The van der Waals surface area contributed by atoms with Gasteiger partial charge in [-0.15, -0.1) is 10.2 Å². The van der Waals surface area contributed by atoms with E-state index in [2.05, 4.69) is 36.4 Å². The third kappa shape index (κ3) is 4.23. The molecule has 0 spiro atoms. The van der Waals surface area contributed by atoms with E-state index in [1.54, 1.807) is 41.7 Å². The van der Waals surface area contributed by atoms with Crippen LogP contribution in [0.3, 0.4) is 0 Å². The van der Waals surface area contributed by atoms with Crippen molar-refractivity contribution in [2.75, 3.05) is 19.6 Å². The van der Waals surface area contributed by atoms with E-state index in [-0.39, 0.29) is 11.9 Å². The number of likely N-dealkylation sites (tertiary alicyclic amines) is 1. The van der Waals surface area contributed by atoms with E-state index in [4.69, 9.17) is 0 Å². The van der Waals surface area contributed by atoms with E-state index in [0.29, 0.717) is 17.9 Å². The standard InChI is InChI=1S/C20H23N7O/c28-20(16-6-8-22-19(11-16)27-14-24-25-15-27)23-13-18(17-5-4-7-21-12-17)26-9-2-1-3-10-26/h4-8,11-12,14-15,18H,1-3,9-10,13H2,(H,23,28)/t18-/m1/s1. The monoisotopic (exact) mass is 377 g/mol. The molecule has 0 bridgehead atoms. The van der Waals surface area contributed by atoms with Crippen molar-refractivity contribution in [3.63, 3.8) is 0 Å². The van der Waals surface area contributed by atoms with Gasteiger partial charge >= 0.3 is 0 Å². The summed E-state index contributed by atoms with van der Waals surface area (Å²) in [5.74, 6) is 0.486. The van der Waals surface area contributed by atoms with Gasteiger partial charge in [-0.1, -0.05) is 12.5 Å². The van der Waals surface area contributed by atoms with E-state index >= 15 is 0 Å². The highest BCUT2D eigenvalue weighted by molar-refractivity contribution is 5.94. The normalized spacial score (nSPS) is 15.9. The van der Waals surface area contributed by atoms with Crippen LogP contribution in [0.4, 0.5) is 0 Å². The second kappa shape index (κ2) is 8.71. The van der Waals surface area contributed by atoms with Crippen LogP contribution in [0, 0.1) is 0 Å². The Hall–Kier alpha value is -3.13. The van der Waals surface area contributed by atoms with Gasteiger partial charge in [-0.25, -0.2) is 4.98 Å². The Kier molecular flexibility index (Phi) is 5.67. The van der Waals surface area contributed by atoms with Gasteiger partial charge in [0, 0.05) is 30.7 Å². The lowest BCUT2D eigenvalue weighted by Crippen LogP contribution is -2.40. The number of nitrogens with one attached hydrogen (secondary N) is 1. The van der Waals surface area contributed by atoms with E-state index in [1.807, 2.05) is 12.3 Å². The maximum absolute atomic E-state index is 12.8. The average Bonchev–Trinajstić information content (AvgIpc) is 3.30. The fraction of sp³-hybridized carbons (Fsp3) is 0.350. The second-order valence-corrected chi connectivity index (χ2v) is 6.88. The lowest BCUT2D eigenvalue weighted by molar-refractivity contribution is 0.0924. The van der Waals surface area contributed by atoms with Crippen LogP contribution in [-0.4, -0.2) is 55.2 Å². The molecule has 1 aliphatic heterocycles. The molecule has 1 fully saturated rings. The molecule has 3 aromatic heterocycles. The zero-order valence-corrected chi connectivity index (χ0v) is 15.6. The predicted octanol–water partition coefficient (Wildman–Crippen LogP) is 2.01. The lowest BCUT2D eigenvalue weighted by atomic mass is 10.0. The van der Waals surface area contributed by atoms with Crippen LogP contribution in [-0.2, 0) is 0 Å². The molecule has 4 heterocycles. The van der Waals surface area contributed by atoms with Crippen LogP contribution in [0.5, 0.6) is 0 Å². The van der Waals surface area contributed by atoms with E-state index in [9.17, 15) is 4.79 Å². The number of carbonyl (C=O) groups excluding carboxylic acids is 1. The van der Waals surface area contributed by atoms with Crippen LogP contribution in [0.1, 0.15) is 41.2 Å². The molecular weight excluding hydrogens is 354 g/mol. The summed E-state index contributed by atoms with van der Waals surface area (Å²) in [5.41, 5.74) is 1.69. The van der Waals surface area contributed by atoms with Gasteiger partial charge in [0.2, 0.25) is 0 Å². The SMILES string of the molecule is O=C(NC[C@H](c1cccnc1)N1CCCCC1)c1ccnc(-n2cnnc2)c1. The molecule has 0 aromatic carbocycles. The Balaban J connectivity index is 1.47. The minimum absolute atomic E-state index is 0.122. The maximum atomic E-state index is 12.8. The first kappa shape index (κ1) is 18.2. The van der Waals surface area contributed by atoms with Crippen molar-refractivity contribution in [1.29, 1.82) is 0 Å². The molecule has 8 heteroatoms. The number of hydrogen-bond donors (Lipinski definition) is 1. The number of nitrogens with zero attached hydrogens (tertiary/aromatic N) is 6. The Morgan fingerprint density at radius 1 is 1.11 bits per heavy atom. The zero-order valence-electron chi connectivity index (χ0n) is 15.6. The summed E-state index contributed by atoms with van der Waals surface area (Å²) in [5, 5.41) is 10.6. The van der Waals surface area contributed by atoms with Crippen LogP contribution >= 0.6 is 0 Å². The molecule has 1 amide bonds. The summed E-state index contributed by atoms with van der Waals surface area (Å²) < 4.78 is 1.67. The number of aromatic nitrogens is 5. The molecule has 8 nitrogen and oxygen atoms in total. The van der Waals surface area contributed by atoms with Crippen molar-refractivity contribution in [1.82, 2.24) is 34.9 Å². The Morgan fingerprint density at radius 3 is 2.68 bits per heavy atom. The number of hydrogen-bond acceptors (Lipinski definition) is 6. The summed E-state index contributed by atoms with van der Waals surface area (Å²) in [6.07, 6.45) is 12.0. The molecule has 1 N–H and O–H groups in total. The van der Waals surface area contributed by atoms with Gasteiger partial charge in [-0.3, -0.25) is 19.2 Å². The highest BCUT2D eigenvalue weighted by Crippen LogP contribution is 2.23. The first-order chi connectivity index (χ1) is 13.8. The molecule has 0 unspecified atom stereocenters. The molecule has 0 aliphatic carbocycles. The molecule has 1 aliphatic rings. The largest absolute Gasteiger partial charge is 0.350 e. The minimum atomic E-state index is -0.123. The third-order valence-electron chi connectivity index (χ3n) is 5.05. The summed E-state index contributed by atoms with van der Waals surface area (Å²) >= 11 is 0. The van der Waals surface area contributed by atoms with Crippen molar-refractivity contribution in [2.24, 2.45) is 0 Å². The summed E-state index contributed by atoms with van der Waals surface area (Å²) in [6, 6.07) is 7.59. The third-order valence-corrected chi connectivity index (χ3v) is 5.05. The van der Waals surface area contributed by atoms with Crippen molar-refractivity contribution in [3.8, 4) is 5.82 Å². The minimum Gasteiger partial charge on any atom is -0.350 e. The topological polar surface area (TPSA) is 88.8 Å². The first-order valence-corrected chi connectivity index (χ1v) is 9.54. The molecule has 28 heavy (non-hydrogen) atoms. The van der Waals surface area contributed by atoms with E-state index < -0.39 is 0 Å². The lowest BCUT2D eigenvalue weighted by Gasteiger charge is -2.34. The van der Waals surface area contributed by atoms with E-state index in [1.165, 1.54) is 19.3 Å². The molecule has 0 radical (unpaired) electrons. The van der Waals surface area contributed by atoms with Gasteiger partial charge in [0.15, 0.2) is 0 Å². The molecule has 3 aromatic rings. The predicted molar refractivity (Wildman–Crippen MR) is 104 cm³/mol. The van der Waals surface area contributed by atoms with Crippen molar-refractivity contribution in [2.45, 2.75) is 25.3 Å². The number of pyridine rings is 2. The van der Waals surface area contributed by atoms with Crippen LogP contribution in [0.25, 0.3) is 5.82 Å². The number of piperidine rings is 1. The van der Waals surface area contributed by atoms with Crippen molar-refractivity contribution >= 4 is 5.91 Å². The molecule has 4 rings (SSSR count). The number of amides is 1. The highest BCUT2D eigenvalue weighted by Gasteiger charge is 2.23. The van der Waals surface area contributed by atoms with Crippen LogP contribution in [0.2, 0.25) is 0 Å². The zero-order chi connectivity index (χ0) is 19.2. The van der Waals surface area contributed by atoms with E-state index in [0.717, 1.165) is 18.7 Å². The smallest absolute Gasteiger partial charge is 0.251 e. The first-order valence-electron chi connectivity index (χ1n) is 9.54. The Labute approximate surface area is 163 Å². The quantitative estimate of drug-likeness (QED) is 0.707. The Bertz CT molecular complexity index is 892. The maximum Gasteiger partial charge on any atom is 0.251 e. The summed E-state index contributed by atoms with van der Waals surface area (Å²) in [7, 11) is 0. The molecule has 0 saturated carbocycles. The number of carbonyl (C=O) groups is 1. The highest BCUT2D eigenvalue weighted by atomic mass is 16.1. The van der Waals surface area contributed by atoms with Crippen molar-refractivity contribution in [3.05, 3.63) is 66.6 Å². The fourth-order valence-electron chi connectivity index (χ4n) is 3.57. The fourth-order valence-corrected chi connectivity index (χ4v) is 3.57. The van der Waals surface area contributed by atoms with Crippen LogP contribution < -0.4 is 5.32 Å². The van der Waals surface area contributed by atoms with Gasteiger partial charge in [0.05, 0.1) is 6.04 Å². The van der Waals surface area contributed by atoms with Crippen molar-refractivity contribution < 1.29 is 4.79 Å². The average molecular weight is 377 g/mol. The van der Waals surface area contributed by atoms with Gasteiger partial charge in [-0.05, 0) is 49.7 Å². The van der Waals surface area contributed by atoms with Gasteiger partial charge in [-0.2, -0.15) is 0 Å². The molecular formula is C20H23N7O.